The second-order valence-electron chi connectivity index (χ2n) is 7.24. The van der Waals surface area contributed by atoms with Crippen molar-refractivity contribution in [1.82, 2.24) is 4.90 Å². The number of benzene rings is 1. The van der Waals surface area contributed by atoms with Gasteiger partial charge in [0.25, 0.3) is 0 Å². The standard InChI is InChI=1S/C16H17F6NO5S/c1-14(2,3)27-13(24)23-5-4-9-6-10(28-29(25,26)16(20,21)22)7-12(11(9)8-23)15(17,18)19/h6-7H,4-5,8H2,1-3H3. The van der Waals surface area contributed by atoms with Crippen molar-refractivity contribution in [1.29, 1.82) is 0 Å². The molecule has 2 rings (SSSR count). The van der Waals surface area contributed by atoms with Crippen LogP contribution in [-0.4, -0.2) is 37.1 Å². The lowest BCUT2D eigenvalue weighted by Crippen LogP contribution is -2.40. The van der Waals surface area contributed by atoms with E-state index >= 15 is 0 Å². The zero-order valence-corrected chi connectivity index (χ0v) is 16.3. The third kappa shape index (κ3) is 5.46. The van der Waals surface area contributed by atoms with Crippen molar-refractivity contribution in [2.45, 2.75) is 51.0 Å². The van der Waals surface area contributed by atoms with Crippen LogP contribution in [0.4, 0.5) is 31.1 Å². The van der Waals surface area contributed by atoms with Gasteiger partial charge in [-0.3, -0.25) is 0 Å². The fourth-order valence-corrected chi connectivity index (χ4v) is 3.04. The van der Waals surface area contributed by atoms with Crippen LogP contribution in [-0.2, 0) is 34.0 Å². The van der Waals surface area contributed by atoms with Gasteiger partial charge in [-0.15, -0.1) is 0 Å². The smallest absolute Gasteiger partial charge is 0.444 e. The number of hydrogen-bond donors (Lipinski definition) is 0. The van der Waals surface area contributed by atoms with E-state index in [9.17, 15) is 39.6 Å². The van der Waals surface area contributed by atoms with Crippen molar-refractivity contribution in [2.75, 3.05) is 6.54 Å². The molecule has 0 aliphatic carbocycles. The van der Waals surface area contributed by atoms with Crippen molar-refractivity contribution in [3.05, 3.63) is 28.8 Å². The molecule has 0 unspecified atom stereocenters. The highest BCUT2D eigenvalue weighted by Gasteiger charge is 2.49. The minimum Gasteiger partial charge on any atom is -0.444 e. The molecule has 0 saturated carbocycles. The molecule has 0 spiro atoms. The summed E-state index contributed by atoms with van der Waals surface area (Å²) in [7, 11) is -6.14. The second-order valence-corrected chi connectivity index (χ2v) is 8.78. The second kappa shape index (κ2) is 7.26. The van der Waals surface area contributed by atoms with Gasteiger partial charge >= 0.3 is 27.9 Å². The van der Waals surface area contributed by atoms with E-state index in [4.69, 9.17) is 4.74 Å². The third-order valence-electron chi connectivity index (χ3n) is 3.76. The average molecular weight is 449 g/mol. The Hall–Kier alpha value is -2.18. The van der Waals surface area contributed by atoms with Crippen LogP contribution in [0, 0.1) is 0 Å². The Morgan fingerprint density at radius 2 is 1.66 bits per heavy atom. The normalized spacial score (nSPS) is 15.7. The van der Waals surface area contributed by atoms with Gasteiger partial charge in [-0.2, -0.15) is 34.8 Å². The number of carbonyl (C=O) groups excluding carboxylic acids is 1. The third-order valence-corrected chi connectivity index (χ3v) is 4.74. The van der Waals surface area contributed by atoms with E-state index in [2.05, 4.69) is 4.18 Å². The number of carbonyl (C=O) groups is 1. The molecule has 0 saturated heterocycles. The number of ether oxygens (including phenoxy) is 1. The highest BCUT2D eigenvalue weighted by Crippen LogP contribution is 2.39. The van der Waals surface area contributed by atoms with E-state index < -0.39 is 51.4 Å². The van der Waals surface area contributed by atoms with Gasteiger partial charge in [-0.25, -0.2) is 4.79 Å². The molecule has 1 amide bonds. The fourth-order valence-electron chi connectivity index (χ4n) is 2.60. The molecule has 0 radical (unpaired) electrons. The quantitative estimate of drug-likeness (QED) is 0.384. The summed E-state index contributed by atoms with van der Waals surface area (Å²) < 4.78 is 109. The number of nitrogens with zero attached hydrogens (tertiary/aromatic N) is 1. The predicted octanol–water partition coefficient (Wildman–Crippen LogP) is 4.23. The number of fused-ring (bicyclic) bond motifs is 1. The first-order chi connectivity index (χ1) is 12.9. The zero-order valence-electron chi connectivity index (χ0n) is 15.4. The van der Waals surface area contributed by atoms with Crippen LogP contribution in [0.3, 0.4) is 0 Å². The molecule has 6 nitrogen and oxygen atoms in total. The lowest BCUT2D eigenvalue weighted by Gasteiger charge is -2.32. The molecule has 29 heavy (non-hydrogen) atoms. The van der Waals surface area contributed by atoms with E-state index in [-0.39, 0.29) is 30.2 Å². The number of amides is 1. The van der Waals surface area contributed by atoms with Crippen molar-refractivity contribution in [2.24, 2.45) is 0 Å². The Balaban J connectivity index is 2.43. The molecular weight excluding hydrogens is 432 g/mol. The number of alkyl halides is 6. The summed E-state index contributed by atoms with van der Waals surface area (Å²) in [5.74, 6) is -1.11. The van der Waals surface area contributed by atoms with Crippen LogP contribution >= 0.6 is 0 Å². The molecular formula is C16H17F6NO5S. The van der Waals surface area contributed by atoms with Gasteiger partial charge in [-0.1, -0.05) is 0 Å². The van der Waals surface area contributed by atoms with Crippen LogP contribution in [0.15, 0.2) is 12.1 Å². The van der Waals surface area contributed by atoms with Gasteiger partial charge in [0, 0.05) is 13.1 Å². The van der Waals surface area contributed by atoms with Gasteiger partial charge in [0.2, 0.25) is 0 Å². The molecule has 1 aliphatic rings. The summed E-state index contributed by atoms with van der Waals surface area (Å²) in [5, 5.41) is 0. The fraction of sp³-hybridized carbons (Fsp3) is 0.562. The molecule has 0 bridgehead atoms. The van der Waals surface area contributed by atoms with E-state index in [0.29, 0.717) is 0 Å². The van der Waals surface area contributed by atoms with E-state index in [1.54, 1.807) is 20.8 Å². The van der Waals surface area contributed by atoms with Crippen molar-refractivity contribution in [3.8, 4) is 5.75 Å². The van der Waals surface area contributed by atoms with Gasteiger partial charge < -0.3 is 13.8 Å². The van der Waals surface area contributed by atoms with Gasteiger partial charge in [-0.05, 0) is 50.5 Å². The first-order valence-electron chi connectivity index (χ1n) is 8.12. The van der Waals surface area contributed by atoms with Crippen LogP contribution < -0.4 is 4.18 Å². The monoisotopic (exact) mass is 449 g/mol. The summed E-state index contributed by atoms with van der Waals surface area (Å²) in [4.78, 5) is 13.2. The minimum atomic E-state index is -6.14. The van der Waals surface area contributed by atoms with Crippen LogP contribution in [0.1, 0.15) is 37.5 Å². The molecule has 1 aromatic carbocycles. The maximum absolute atomic E-state index is 13.5. The molecule has 13 heteroatoms. The van der Waals surface area contributed by atoms with Crippen LogP contribution in [0.25, 0.3) is 0 Å². The zero-order chi connectivity index (χ0) is 22.4. The summed E-state index contributed by atoms with van der Waals surface area (Å²) >= 11 is 0. The number of rotatable bonds is 2. The minimum absolute atomic E-state index is 0.0747. The Morgan fingerprint density at radius 3 is 2.14 bits per heavy atom. The SMILES string of the molecule is CC(C)(C)OC(=O)N1CCc2cc(OS(=O)(=O)C(F)(F)F)cc(C(F)(F)F)c2C1. The average Bonchev–Trinajstić information content (AvgIpc) is 2.49. The Kier molecular flexibility index (Phi) is 5.78. The number of halogens is 6. The highest BCUT2D eigenvalue weighted by atomic mass is 32.2. The molecule has 0 aromatic heterocycles. The first-order valence-corrected chi connectivity index (χ1v) is 9.53. The molecule has 1 aliphatic heterocycles. The predicted molar refractivity (Wildman–Crippen MR) is 87.4 cm³/mol. The lowest BCUT2D eigenvalue weighted by molar-refractivity contribution is -0.138. The van der Waals surface area contributed by atoms with Crippen molar-refractivity contribution in [3.63, 3.8) is 0 Å². The largest absolute Gasteiger partial charge is 0.534 e. The number of hydrogen-bond acceptors (Lipinski definition) is 5. The Bertz CT molecular complexity index is 902. The summed E-state index contributed by atoms with van der Waals surface area (Å²) in [6.45, 7) is 4.15. The Labute approximate surface area is 162 Å². The topological polar surface area (TPSA) is 72.9 Å². The van der Waals surface area contributed by atoms with Crippen LogP contribution in [0.5, 0.6) is 5.75 Å². The highest BCUT2D eigenvalue weighted by molar-refractivity contribution is 7.88. The van der Waals surface area contributed by atoms with Gasteiger partial charge in [0.1, 0.15) is 11.4 Å². The molecule has 164 valence electrons. The molecule has 0 fully saturated rings. The maximum atomic E-state index is 13.5. The summed E-state index contributed by atoms with van der Waals surface area (Å²) in [5.41, 5.74) is -8.52. The summed E-state index contributed by atoms with van der Waals surface area (Å²) in [6.07, 6.45) is -6.04. The molecule has 0 N–H and O–H groups in total. The van der Waals surface area contributed by atoms with E-state index in [0.717, 1.165) is 11.0 Å². The maximum Gasteiger partial charge on any atom is 0.534 e. The van der Waals surface area contributed by atoms with Crippen LogP contribution in [0.2, 0.25) is 0 Å². The Morgan fingerprint density at radius 1 is 1.07 bits per heavy atom. The summed E-state index contributed by atoms with van der Waals surface area (Å²) in [6, 6.07) is 0.959. The van der Waals surface area contributed by atoms with Gasteiger partial charge in [0.05, 0.1) is 5.56 Å². The molecule has 0 atom stereocenters. The van der Waals surface area contributed by atoms with E-state index in [1.165, 1.54) is 0 Å². The molecule has 1 aromatic rings. The lowest BCUT2D eigenvalue weighted by atomic mass is 9.94. The van der Waals surface area contributed by atoms with E-state index in [1.807, 2.05) is 0 Å². The van der Waals surface area contributed by atoms with Crippen molar-refractivity contribution < 1.29 is 48.5 Å². The van der Waals surface area contributed by atoms with Gasteiger partial charge in [0.15, 0.2) is 0 Å². The molecule has 1 heterocycles. The van der Waals surface area contributed by atoms with Crippen molar-refractivity contribution >= 4 is 16.2 Å². The first kappa shape index (κ1) is 23.1.